The minimum atomic E-state index is 0.555. The maximum atomic E-state index is 6.05. The highest BCUT2D eigenvalue weighted by Crippen LogP contribution is 2.51. The van der Waals surface area contributed by atoms with Crippen molar-refractivity contribution in [2.45, 2.75) is 33.2 Å². The van der Waals surface area contributed by atoms with Gasteiger partial charge in [-0.15, -0.1) is 0 Å². The Kier molecular flexibility index (Phi) is 3.50. The molecule has 0 unspecified atom stereocenters. The number of hydrogen-bond donors (Lipinski definition) is 1. The van der Waals surface area contributed by atoms with E-state index in [-0.39, 0.29) is 0 Å². The molecule has 0 atom stereocenters. The van der Waals surface area contributed by atoms with Crippen molar-refractivity contribution < 1.29 is 0 Å². The van der Waals surface area contributed by atoms with E-state index in [0.29, 0.717) is 5.41 Å². The first-order valence-electron chi connectivity index (χ1n) is 5.93. The third-order valence-electron chi connectivity index (χ3n) is 3.77. The van der Waals surface area contributed by atoms with E-state index in [1.165, 1.54) is 12.8 Å². The number of pyridine rings is 1. The molecule has 1 N–H and O–H groups in total. The molecule has 1 aliphatic rings. The quantitative estimate of drug-likeness (QED) is 0.852. The predicted octanol–water partition coefficient (Wildman–Crippen LogP) is 3.26. The van der Waals surface area contributed by atoms with Crippen LogP contribution >= 0.6 is 11.6 Å². The molecule has 0 radical (unpaired) electrons. The van der Waals surface area contributed by atoms with Gasteiger partial charge in [0.05, 0.1) is 5.02 Å². The smallest absolute Gasteiger partial charge is 0.0634 e. The lowest BCUT2D eigenvalue weighted by atomic mass is 9.92. The Hall–Kier alpha value is -0.600. The van der Waals surface area contributed by atoms with E-state index in [1.807, 2.05) is 6.07 Å². The number of halogens is 1. The van der Waals surface area contributed by atoms with Crippen LogP contribution in [0.3, 0.4) is 0 Å². The van der Waals surface area contributed by atoms with Crippen LogP contribution in [0, 0.1) is 11.3 Å². The number of nitrogens with one attached hydrogen (secondary N) is 1. The van der Waals surface area contributed by atoms with Crippen LogP contribution in [0.4, 0.5) is 0 Å². The van der Waals surface area contributed by atoms with Crippen molar-refractivity contribution in [2.24, 2.45) is 11.3 Å². The SMILES string of the molecule is CC(C)C1(CNCc2ccncc2Cl)CC1. The van der Waals surface area contributed by atoms with E-state index in [4.69, 9.17) is 11.6 Å². The first kappa shape index (κ1) is 11.9. The Bertz CT molecular complexity index is 359. The van der Waals surface area contributed by atoms with Gasteiger partial charge in [0.25, 0.3) is 0 Å². The summed E-state index contributed by atoms with van der Waals surface area (Å²) in [5, 5.41) is 4.27. The van der Waals surface area contributed by atoms with Gasteiger partial charge in [-0.05, 0) is 35.8 Å². The largest absolute Gasteiger partial charge is 0.312 e. The zero-order valence-electron chi connectivity index (χ0n) is 9.96. The molecule has 88 valence electrons. The van der Waals surface area contributed by atoms with E-state index >= 15 is 0 Å². The minimum Gasteiger partial charge on any atom is -0.312 e. The van der Waals surface area contributed by atoms with Gasteiger partial charge in [0.15, 0.2) is 0 Å². The number of rotatable bonds is 5. The first-order chi connectivity index (χ1) is 7.64. The highest BCUT2D eigenvalue weighted by atomic mass is 35.5. The van der Waals surface area contributed by atoms with Gasteiger partial charge in [-0.25, -0.2) is 0 Å². The van der Waals surface area contributed by atoms with E-state index in [1.54, 1.807) is 12.4 Å². The van der Waals surface area contributed by atoms with Crippen molar-refractivity contribution in [1.29, 1.82) is 0 Å². The molecule has 0 saturated heterocycles. The van der Waals surface area contributed by atoms with Crippen LogP contribution in [0.1, 0.15) is 32.3 Å². The first-order valence-corrected chi connectivity index (χ1v) is 6.31. The molecule has 0 aliphatic heterocycles. The lowest BCUT2D eigenvalue weighted by molar-refractivity contribution is 0.338. The van der Waals surface area contributed by atoms with E-state index in [2.05, 4.69) is 24.1 Å². The van der Waals surface area contributed by atoms with Crippen LogP contribution in [0.15, 0.2) is 18.5 Å². The van der Waals surface area contributed by atoms with Crippen LogP contribution in [0.5, 0.6) is 0 Å². The summed E-state index contributed by atoms with van der Waals surface area (Å²) in [4.78, 5) is 3.98. The molecule has 0 spiro atoms. The van der Waals surface area contributed by atoms with Gasteiger partial charge in [0.2, 0.25) is 0 Å². The van der Waals surface area contributed by atoms with Gasteiger partial charge >= 0.3 is 0 Å². The maximum Gasteiger partial charge on any atom is 0.0634 e. The van der Waals surface area contributed by atoms with Crippen molar-refractivity contribution >= 4 is 11.6 Å². The fraction of sp³-hybridized carbons (Fsp3) is 0.615. The number of nitrogens with zero attached hydrogens (tertiary/aromatic N) is 1. The van der Waals surface area contributed by atoms with Crippen molar-refractivity contribution in [3.05, 3.63) is 29.0 Å². The number of aromatic nitrogens is 1. The lowest BCUT2D eigenvalue weighted by Gasteiger charge is -2.20. The average molecular weight is 239 g/mol. The maximum absolute atomic E-state index is 6.05. The summed E-state index contributed by atoms with van der Waals surface area (Å²) in [6.45, 7) is 6.57. The summed E-state index contributed by atoms with van der Waals surface area (Å²) in [5.74, 6) is 0.771. The molecule has 1 aromatic heterocycles. The van der Waals surface area contributed by atoms with Gasteiger partial charge in [0.1, 0.15) is 0 Å². The summed E-state index contributed by atoms with van der Waals surface area (Å²) in [6, 6.07) is 1.98. The second-order valence-electron chi connectivity index (χ2n) is 5.09. The molecule has 0 amide bonds. The summed E-state index contributed by atoms with van der Waals surface area (Å²) in [7, 11) is 0. The van der Waals surface area contributed by atoms with Gasteiger partial charge in [-0.2, -0.15) is 0 Å². The Morgan fingerprint density at radius 2 is 2.25 bits per heavy atom. The summed E-state index contributed by atoms with van der Waals surface area (Å²) in [5.41, 5.74) is 1.69. The van der Waals surface area contributed by atoms with Crippen molar-refractivity contribution in [2.75, 3.05) is 6.54 Å². The third kappa shape index (κ3) is 2.55. The Morgan fingerprint density at radius 1 is 1.50 bits per heavy atom. The molecule has 1 aliphatic carbocycles. The van der Waals surface area contributed by atoms with Crippen LogP contribution in [0.2, 0.25) is 5.02 Å². The van der Waals surface area contributed by atoms with Crippen LogP contribution in [-0.4, -0.2) is 11.5 Å². The molecule has 1 heterocycles. The van der Waals surface area contributed by atoms with E-state index < -0.39 is 0 Å². The molecule has 1 aromatic rings. The van der Waals surface area contributed by atoms with E-state index in [9.17, 15) is 0 Å². The highest BCUT2D eigenvalue weighted by Gasteiger charge is 2.44. The average Bonchev–Trinajstić information content (AvgIpc) is 3.02. The normalized spacial score (nSPS) is 17.8. The zero-order chi connectivity index (χ0) is 11.6. The second kappa shape index (κ2) is 4.72. The van der Waals surface area contributed by atoms with Crippen LogP contribution in [0.25, 0.3) is 0 Å². The molecular formula is C13H19ClN2. The zero-order valence-corrected chi connectivity index (χ0v) is 10.7. The summed E-state index contributed by atoms with van der Waals surface area (Å²) >= 11 is 6.05. The van der Waals surface area contributed by atoms with Gasteiger partial charge < -0.3 is 5.32 Å². The van der Waals surface area contributed by atoms with Gasteiger partial charge in [0, 0.05) is 25.5 Å². The van der Waals surface area contributed by atoms with Crippen molar-refractivity contribution in [3.8, 4) is 0 Å². The second-order valence-corrected chi connectivity index (χ2v) is 5.49. The Balaban J connectivity index is 1.83. The summed E-state index contributed by atoms with van der Waals surface area (Å²) in [6.07, 6.45) is 6.22. The number of hydrogen-bond acceptors (Lipinski definition) is 2. The van der Waals surface area contributed by atoms with Gasteiger partial charge in [-0.1, -0.05) is 25.4 Å². The molecule has 1 saturated carbocycles. The summed E-state index contributed by atoms with van der Waals surface area (Å²) < 4.78 is 0. The van der Waals surface area contributed by atoms with Crippen molar-refractivity contribution in [3.63, 3.8) is 0 Å². The standard InChI is InChI=1S/C13H19ClN2/c1-10(2)13(4-5-13)9-16-7-11-3-6-15-8-12(11)14/h3,6,8,10,16H,4-5,7,9H2,1-2H3. The van der Waals surface area contributed by atoms with E-state index in [0.717, 1.165) is 29.6 Å². The lowest BCUT2D eigenvalue weighted by Crippen LogP contribution is -2.27. The molecule has 2 nitrogen and oxygen atoms in total. The molecule has 1 fully saturated rings. The Morgan fingerprint density at radius 3 is 2.81 bits per heavy atom. The molecule has 0 bridgehead atoms. The topological polar surface area (TPSA) is 24.9 Å². The predicted molar refractivity (Wildman–Crippen MR) is 67.5 cm³/mol. The van der Waals surface area contributed by atoms with Crippen molar-refractivity contribution in [1.82, 2.24) is 10.3 Å². The molecular weight excluding hydrogens is 220 g/mol. The van der Waals surface area contributed by atoms with Crippen LogP contribution < -0.4 is 5.32 Å². The molecule has 3 heteroatoms. The fourth-order valence-electron chi connectivity index (χ4n) is 2.11. The molecule has 2 rings (SSSR count). The Labute approximate surface area is 102 Å². The fourth-order valence-corrected chi connectivity index (χ4v) is 2.30. The van der Waals surface area contributed by atoms with Gasteiger partial charge in [-0.3, -0.25) is 4.98 Å². The minimum absolute atomic E-state index is 0.555. The third-order valence-corrected chi connectivity index (χ3v) is 4.11. The van der Waals surface area contributed by atoms with Crippen LogP contribution in [-0.2, 0) is 6.54 Å². The molecule has 0 aromatic carbocycles. The monoisotopic (exact) mass is 238 g/mol. The molecule has 16 heavy (non-hydrogen) atoms. The highest BCUT2D eigenvalue weighted by molar-refractivity contribution is 6.31.